The van der Waals surface area contributed by atoms with Gasteiger partial charge < -0.3 is 15.1 Å². The lowest BCUT2D eigenvalue weighted by molar-refractivity contribution is 0.199. The fourth-order valence-corrected chi connectivity index (χ4v) is 1.04. The highest BCUT2D eigenvalue weighted by Crippen LogP contribution is 2.39. The van der Waals surface area contributed by atoms with Crippen LogP contribution in [0.5, 0.6) is 0 Å². The Labute approximate surface area is 90.7 Å². The molecule has 0 saturated carbocycles. The van der Waals surface area contributed by atoms with Crippen molar-refractivity contribution in [3.05, 3.63) is 4.91 Å². The van der Waals surface area contributed by atoms with Gasteiger partial charge >= 0.3 is 13.6 Å². The minimum atomic E-state index is -4.42. The molecule has 0 aromatic carbocycles. The number of halogens is 1. The van der Waals surface area contributed by atoms with E-state index in [4.69, 9.17) is 21.4 Å². The molecule has 8 nitrogen and oxygen atoms in total. The van der Waals surface area contributed by atoms with Gasteiger partial charge in [-0.15, -0.1) is 16.5 Å². The molecule has 0 aliphatic rings. The van der Waals surface area contributed by atoms with Crippen molar-refractivity contribution in [2.75, 3.05) is 12.4 Å². The second kappa shape index (κ2) is 6.02. The van der Waals surface area contributed by atoms with Crippen molar-refractivity contribution in [3.63, 3.8) is 0 Å². The van der Waals surface area contributed by atoms with Gasteiger partial charge in [0.25, 0.3) is 0 Å². The fourth-order valence-electron chi connectivity index (χ4n) is 0.597. The summed E-state index contributed by atoms with van der Waals surface area (Å²) in [4.78, 5) is 38.6. The zero-order chi connectivity index (χ0) is 12.1. The Kier molecular flexibility index (Phi) is 5.74. The van der Waals surface area contributed by atoms with Gasteiger partial charge in [-0.05, 0) is 6.92 Å². The Morgan fingerprint density at radius 2 is 2.20 bits per heavy atom. The maximum absolute atomic E-state index is 11.1. The van der Waals surface area contributed by atoms with Gasteiger partial charge in [0, 0.05) is 5.88 Å². The van der Waals surface area contributed by atoms with Gasteiger partial charge in [0.05, 0.1) is 11.8 Å². The highest BCUT2D eigenvalue weighted by atomic mass is 35.5. The summed E-state index contributed by atoms with van der Waals surface area (Å²) >= 11 is 5.27. The Morgan fingerprint density at radius 1 is 1.67 bits per heavy atom. The number of carbonyl (C=O) groups excluding carboxylic acids is 1. The molecule has 0 bridgehead atoms. The van der Waals surface area contributed by atoms with Crippen molar-refractivity contribution in [3.8, 4) is 0 Å². The van der Waals surface area contributed by atoms with Crippen LogP contribution in [-0.4, -0.2) is 39.0 Å². The van der Waals surface area contributed by atoms with E-state index in [9.17, 15) is 14.3 Å². The minimum Gasteiger partial charge on any atom is -0.323 e. The third-order valence-electron chi connectivity index (χ3n) is 1.47. The molecule has 0 heterocycles. The standard InChI is InChI=1S/C5H11ClN3O5P/c1-4(15(12,13)14)7-5(10)9(8-11)3-2-6/h4H,2-3H2,1H3,(H,7,10)(H2,12,13,14). The van der Waals surface area contributed by atoms with Crippen LogP contribution in [0, 0.1) is 4.91 Å². The number of nitroso groups, excluding NO2 is 1. The van der Waals surface area contributed by atoms with Gasteiger partial charge in [0.15, 0.2) is 0 Å². The number of alkyl halides is 1. The Balaban J connectivity index is 4.34. The predicted molar refractivity (Wildman–Crippen MR) is 53.3 cm³/mol. The first kappa shape index (κ1) is 14.3. The van der Waals surface area contributed by atoms with Crippen molar-refractivity contribution < 1.29 is 19.1 Å². The van der Waals surface area contributed by atoms with Gasteiger partial charge in [0.2, 0.25) is 0 Å². The second-order valence-electron chi connectivity index (χ2n) is 2.61. The van der Waals surface area contributed by atoms with E-state index in [-0.39, 0.29) is 12.4 Å². The average molecular weight is 260 g/mol. The van der Waals surface area contributed by atoms with E-state index in [1.165, 1.54) is 0 Å². The molecule has 0 aromatic heterocycles. The number of nitrogens with one attached hydrogen (secondary N) is 1. The third kappa shape index (κ3) is 5.08. The normalized spacial score (nSPS) is 13.1. The Bertz CT molecular complexity index is 282. The molecule has 0 saturated heterocycles. The van der Waals surface area contributed by atoms with Gasteiger partial charge in [-0.1, -0.05) is 0 Å². The van der Waals surface area contributed by atoms with Crippen LogP contribution in [0.2, 0.25) is 0 Å². The van der Waals surface area contributed by atoms with Crippen LogP contribution in [0.1, 0.15) is 6.92 Å². The summed E-state index contributed by atoms with van der Waals surface area (Å²) in [6.07, 6.45) is 0. The Hall–Kier alpha value is -0.690. The fraction of sp³-hybridized carbons (Fsp3) is 0.800. The number of hydrogen-bond acceptors (Lipinski definition) is 4. The SMILES string of the molecule is CC(NC(=O)N(CCCl)N=O)P(=O)(O)O. The molecule has 0 radical (unpaired) electrons. The minimum absolute atomic E-state index is 0.0105. The maximum Gasteiger partial charge on any atom is 0.347 e. The highest BCUT2D eigenvalue weighted by Gasteiger charge is 2.27. The molecule has 88 valence electrons. The molecule has 1 atom stereocenters. The first-order chi connectivity index (χ1) is 6.82. The molecule has 0 aliphatic carbocycles. The summed E-state index contributed by atoms with van der Waals surface area (Å²) in [5.74, 6) is -1.40. The monoisotopic (exact) mass is 259 g/mol. The lowest BCUT2D eigenvalue weighted by atomic mass is 10.6. The van der Waals surface area contributed by atoms with Gasteiger partial charge in [-0.25, -0.2) is 4.79 Å². The maximum atomic E-state index is 11.1. The van der Waals surface area contributed by atoms with E-state index in [2.05, 4.69) is 5.29 Å². The second-order valence-corrected chi connectivity index (χ2v) is 4.94. The molecule has 2 amide bonds. The number of nitrogens with zero attached hydrogens (tertiary/aromatic N) is 2. The topological polar surface area (TPSA) is 119 Å². The van der Waals surface area contributed by atoms with Crippen LogP contribution in [0.25, 0.3) is 0 Å². The zero-order valence-electron chi connectivity index (χ0n) is 7.83. The highest BCUT2D eigenvalue weighted by molar-refractivity contribution is 7.52. The molecule has 3 N–H and O–H groups in total. The molecule has 15 heavy (non-hydrogen) atoms. The molecule has 0 aliphatic heterocycles. The van der Waals surface area contributed by atoms with Crippen molar-refractivity contribution in [2.24, 2.45) is 5.29 Å². The summed E-state index contributed by atoms with van der Waals surface area (Å²) in [7, 11) is -4.42. The number of carbonyl (C=O) groups is 1. The average Bonchev–Trinajstić information content (AvgIpc) is 2.12. The number of hydrogen-bond donors (Lipinski definition) is 3. The lowest BCUT2D eigenvalue weighted by Gasteiger charge is -2.18. The molecule has 0 aromatic rings. The largest absolute Gasteiger partial charge is 0.347 e. The van der Waals surface area contributed by atoms with Crippen LogP contribution in [0.3, 0.4) is 0 Å². The number of urea groups is 1. The van der Waals surface area contributed by atoms with E-state index in [0.717, 1.165) is 6.92 Å². The van der Waals surface area contributed by atoms with E-state index in [1.54, 1.807) is 0 Å². The van der Waals surface area contributed by atoms with Gasteiger partial charge in [-0.3, -0.25) is 4.57 Å². The van der Waals surface area contributed by atoms with E-state index in [0.29, 0.717) is 5.01 Å². The van der Waals surface area contributed by atoms with Crippen LogP contribution in [0.15, 0.2) is 5.29 Å². The molecular formula is C5H11ClN3O5P. The van der Waals surface area contributed by atoms with Crippen LogP contribution >= 0.6 is 19.2 Å². The first-order valence-electron chi connectivity index (χ1n) is 3.85. The number of rotatable bonds is 5. The molecular weight excluding hydrogens is 248 g/mol. The van der Waals surface area contributed by atoms with Crippen LogP contribution < -0.4 is 5.32 Å². The quantitative estimate of drug-likeness (QED) is 0.286. The Morgan fingerprint density at radius 3 is 2.53 bits per heavy atom. The summed E-state index contributed by atoms with van der Waals surface area (Å²) in [6, 6.07) is -0.999. The summed E-state index contributed by atoms with van der Waals surface area (Å²) in [5.41, 5.74) is 0. The molecule has 0 spiro atoms. The van der Waals surface area contributed by atoms with Crippen molar-refractivity contribution in [2.45, 2.75) is 12.7 Å². The predicted octanol–water partition coefficient (Wildman–Crippen LogP) is 0.442. The molecule has 0 fully saturated rings. The third-order valence-corrected chi connectivity index (χ3v) is 2.77. The molecule has 0 rings (SSSR count). The molecule has 1 unspecified atom stereocenters. The summed E-state index contributed by atoms with van der Waals surface area (Å²) in [5, 5.41) is 4.72. The summed E-state index contributed by atoms with van der Waals surface area (Å²) < 4.78 is 10.7. The first-order valence-corrected chi connectivity index (χ1v) is 6.07. The van der Waals surface area contributed by atoms with Gasteiger partial charge in [-0.2, -0.15) is 5.01 Å². The number of amides is 2. The lowest BCUT2D eigenvalue weighted by Crippen LogP contribution is -2.41. The smallest absolute Gasteiger partial charge is 0.323 e. The summed E-state index contributed by atoms with van der Waals surface area (Å²) in [6.45, 7) is 0.979. The van der Waals surface area contributed by atoms with Crippen molar-refractivity contribution in [1.82, 2.24) is 10.3 Å². The van der Waals surface area contributed by atoms with Crippen LogP contribution in [0.4, 0.5) is 4.79 Å². The van der Waals surface area contributed by atoms with Crippen molar-refractivity contribution >= 4 is 25.2 Å². The van der Waals surface area contributed by atoms with E-state index >= 15 is 0 Å². The molecule has 10 heteroatoms. The van der Waals surface area contributed by atoms with E-state index < -0.39 is 19.4 Å². The van der Waals surface area contributed by atoms with E-state index in [1.807, 2.05) is 5.32 Å². The zero-order valence-corrected chi connectivity index (χ0v) is 9.48. The van der Waals surface area contributed by atoms with Crippen LogP contribution in [-0.2, 0) is 4.57 Å². The van der Waals surface area contributed by atoms with Crippen molar-refractivity contribution in [1.29, 1.82) is 0 Å². The van der Waals surface area contributed by atoms with Gasteiger partial charge in [0.1, 0.15) is 5.78 Å².